The minimum atomic E-state index is -0.0210. The molecule has 27 heavy (non-hydrogen) atoms. The van der Waals surface area contributed by atoms with Crippen molar-refractivity contribution in [1.29, 1.82) is 0 Å². The molecule has 3 aromatic rings. The lowest BCUT2D eigenvalue weighted by molar-refractivity contribution is -0.129. The summed E-state index contributed by atoms with van der Waals surface area (Å²) in [5, 5.41) is 1.03. The number of fused-ring (bicyclic) bond motifs is 1. The van der Waals surface area contributed by atoms with E-state index in [2.05, 4.69) is 32.0 Å². The lowest BCUT2D eigenvalue weighted by atomic mass is 9.95. The quantitative estimate of drug-likeness (QED) is 0.743. The van der Waals surface area contributed by atoms with E-state index in [9.17, 15) is 4.79 Å². The summed E-state index contributed by atoms with van der Waals surface area (Å²) in [6, 6.07) is 14.3. The number of rotatable bonds is 3. The van der Waals surface area contributed by atoms with Crippen molar-refractivity contribution in [1.82, 2.24) is 4.90 Å². The van der Waals surface area contributed by atoms with Crippen LogP contribution >= 0.6 is 12.4 Å². The highest BCUT2D eigenvalue weighted by atomic mass is 35.5. The predicted octanol–water partition coefficient (Wildman–Crippen LogP) is 3.97. The molecule has 1 aliphatic rings. The van der Waals surface area contributed by atoms with Gasteiger partial charge in [0.2, 0.25) is 5.91 Å². The Bertz CT molecular complexity index is 952. The van der Waals surface area contributed by atoms with E-state index < -0.39 is 0 Å². The number of benzene rings is 2. The Labute approximate surface area is 165 Å². The Hall–Kier alpha value is -2.30. The lowest BCUT2D eigenvalue weighted by Crippen LogP contribution is -2.33. The number of hydrogen-bond acceptors (Lipinski definition) is 3. The molecule has 0 unspecified atom stereocenters. The third kappa shape index (κ3) is 3.60. The van der Waals surface area contributed by atoms with Crippen LogP contribution in [0.25, 0.3) is 11.0 Å². The molecule has 2 atom stereocenters. The zero-order chi connectivity index (χ0) is 18.3. The fourth-order valence-corrected chi connectivity index (χ4v) is 3.89. The van der Waals surface area contributed by atoms with Crippen LogP contribution in [0.2, 0.25) is 0 Å². The first-order valence-electron chi connectivity index (χ1n) is 9.09. The smallest absolute Gasteiger partial charge is 0.227 e. The molecule has 142 valence electrons. The summed E-state index contributed by atoms with van der Waals surface area (Å²) in [6.45, 7) is 5.40. The number of nitrogens with two attached hydrogens (primary N) is 1. The standard InChI is InChI=1S/C22H24N2O2.ClH/c1-14-8-9-18-17(13-26-22(18)15(14)2)10-21(25)24-11-19(20(23)12-24)16-6-4-3-5-7-16;/h3-9,13,19-20H,10-12,23H2,1-2H3;1H/t19-,20+;/m0./s1. The number of hydrogen-bond donors (Lipinski definition) is 1. The molecule has 0 aliphatic carbocycles. The summed E-state index contributed by atoms with van der Waals surface area (Å²) in [4.78, 5) is 14.8. The normalized spacial score (nSPS) is 19.3. The van der Waals surface area contributed by atoms with Gasteiger partial charge in [0.25, 0.3) is 0 Å². The third-order valence-electron chi connectivity index (χ3n) is 5.63. The number of aryl methyl sites for hydroxylation is 2. The molecule has 1 aliphatic heterocycles. The molecule has 1 fully saturated rings. The summed E-state index contributed by atoms with van der Waals surface area (Å²) in [6.07, 6.45) is 2.07. The van der Waals surface area contributed by atoms with Crippen molar-refractivity contribution in [2.45, 2.75) is 32.2 Å². The van der Waals surface area contributed by atoms with Crippen LogP contribution in [0.4, 0.5) is 0 Å². The van der Waals surface area contributed by atoms with Crippen molar-refractivity contribution >= 4 is 29.3 Å². The minimum Gasteiger partial charge on any atom is -0.464 e. The van der Waals surface area contributed by atoms with Crippen molar-refractivity contribution in [2.75, 3.05) is 13.1 Å². The molecular formula is C22H25ClN2O2. The van der Waals surface area contributed by atoms with E-state index in [0.717, 1.165) is 22.1 Å². The second-order valence-electron chi connectivity index (χ2n) is 7.30. The first kappa shape index (κ1) is 19.5. The van der Waals surface area contributed by atoms with Crippen LogP contribution < -0.4 is 5.73 Å². The molecule has 0 spiro atoms. The molecule has 0 bridgehead atoms. The van der Waals surface area contributed by atoms with Gasteiger partial charge in [-0.1, -0.05) is 42.5 Å². The van der Waals surface area contributed by atoms with E-state index in [1.165, 1.54) is 11.1 Å². The van der Waals surface area contributed by atoms with E-state index in [4.69, 9.17) is 10.2 Å². The van der Waals surface area contributed by atoms with Gasteiger partial charge in [0.05, 0.1) is 12.7 Å². The summed E-state index contributed by atoms with van der Waals surface area (Å²) in [5.41, 5.74) is 11.7. The topological polar surface area (TPSA) is 59.5 Å². The molecule has 0 radical (unpaired) electrons. The SMILES string of the molecule is Cc1ccc2c(CC(=O)N3C[C@@H](N)[C@H](c4ccccc4)C3)coc2c1C.Cl. The van der Waals surface area contributed by atoms with Crippen LogP contribution in [0.15, 0.2) is 53.1 Å². The van der Waals surface area contributed by atoms with E-state index in [1.807, 2.05) is 29.2 Å². The van der Waals surface area contributed by atoms with Crippen molar-refractivity contribution < 1.29 is 9.21 Å². The van der Waals surface area contributed by atoms with Crippen LogP contribution in [0.5, 0.6) is 0 Å². The predicted molar refractivity (Wildman–Crippen MR) is 110 cm³/mol. The summed E-state index contributed by atoms with van der Waals surface area (Å²) in [7, 11) is 0. The van der Waals surface area contributed by atoms with E-state index in [-0.39, 0.29) is 30.3 Å². The van der Waals surface area contributed by atoms with Gasteiger partial charge in [-0.25, -0.2) is 0 Å². The summed E-state index contributed by atoms with van der Waals surface area (Å²) < 4.78 is 5.74. The maximum absolute atomic E-state index is 12.9. The van der Waals surface area contributed by atoms with Gasteiger partial charge in [0, 0.05) is 36.0 Å². The number of nitrogens with zero attached hydrogens (tertiary/aromatic N) is 1. The van der Waals surface area contributed by atoms with Crippen LogP contribution in [0.3, 0.4) is 0 Å². The first-order chi connectivity index (χ1) is 12.5. The molecule has 0 saturated carbocycles. The fourth-order valence-electron chi connectivity index (χ4n) is 3.89. The van der Waals surface area contributed by atoms with Gasteiger partial charge in [-0.2, -0.15) is 0 Å². The van der Waals surface area contributed by atoms with Crippen molar-refractivity contribution in [2.24, 2.45) is 5.73 Å². The molecule has 2 aromatic carbocycles. The van der Waals surface area contributed by atoms with Gasteiger partial charge in [-0.3, -0.25) is 4.79 Å². The van der Waals surface area contributed by atoms with E-state index >= 15 is 0 Å². The van der Waals surface area contributed by atoms with Crippen LogP contribution in [-0.2, 0) is 11.2 Å². The van der Waals surface area contributed by atoms with Crippen LogP contribution in [0, 0.1) is 13.8 Å². The molecule has 4 rings (SSSR count). The number of furan rings is 1. The second kappa shape index (κ2) is 7.75. The van der Waals surface area contributed by atoms with E-state index in [0.29, 0.717) is 19.5 Å². The van der Waals surface area contributed by atoms with Gasteiger partial charge >= 0.3 is 0 Å². The van der Waals surface area contributed by atoms with Gasteiger partial charge in [0.1, 0.15) is 5.58 Å². The number of likely N-dealkylation sites (tertiary alicyclic amines) is 1. The minimum absolute atomic E-state index is 0. The summed E-state index contributed by atoms with van der Waals surface area (Å²) in [5.74, 6) is 0.311. The monoisotopic (exact) mass is 384 g/mol. The number of halogens is 1. The fraction of sp³-hybridized carbons (Fsp3) is 0.318. The molecule has 2 heterocycles. The average Bonchev–Trinajstić information content (AvgIpc) is 3.23. The van der Waals surface area contributed by atoms with Gasteiger partial charge < -0.3 is 15.1 Å². The molecule has 1 aromatic heterocycles. The molecule has 1 amide bonds. The molecule has 4 nitrogen and oxygen atoms in total. The molecule has 2 N–H and O–H groups in total. The van der Waals surface area contributed by atoms with Gasteiger partial charge in [0.15, 0.2) is 0 Å². The molecule has 5 heteroatoms. The highest BCUT2D eigenvalue weighted by Crippen LogP contribution is 2.29. The van der Waals surface area contributed by atoms with Crippen LogP contribution in [-0.4, -0.2) is 29.9 Å². The molecule has 1 saturated heterocycles. The van der Waals surface area contributed by atoms with Gasteiger partial charge in [-0.05, 0) is 30.5 Å². The third-order valence-corrected chi connectivity index (χ3v) is 5.63. The first-order valence-corrected chi connectivity index (χ1v) is 9.09. The zero-order valence-electron chi connectivity index (χ0n) is 15.6. The largest absolute Gasteiger partial charge is 0.464 e. The lowest BCUT2D eigenvalue weighted by Gasteiger charge is -2.16. The van der Waals surface area contributed by atoms with Crippen molar-refractivity contribution in [3.8, 4) is 0 Å². The maximum atomic E-state index is 12.9. The number of carbonyl (C=O) groups is 1. The van der Waals surface area contributed by atoms with Crippen LogP contribution in [0.1, 0.15) is 28.2 Å². The number of carbonyl (C=O) groups excluding carboxylic acids is 1. The Morgan fingerprint density at radius 3 is 2.63 bits per heavy atom. The zero-order valence-corrected chi connectivity index (χ0v) is 16.5. The summed E-state index contributed by atoms with van der Waals surface area (Å²) >= 11 is 0. The maximum Gasteiger partial charge on any atom is 0.227 e. The average molecular weight is 385 g/mol. The van der Waals surface area contributed by atoms with Crippen molar-refractivity contribution in [3.05, 3.63) is 71.0 Å². The second-order valence-corrected chi connectivity index (χ2v) is 7.30. The van der Waals surface area contributed by atoms with E-state index in [1.54, 1.807) is 6.26 Å². The van der Waals surface area contributed by atoms with Crippen molar-refractivity contribution in [3.63, 3.8) is 0 Å². The van der Waals surface area contributed by atoms with Gasteiger partial charge in [-0.15, -0.1) is 12.4 Å². The Balaban J connectivity index is 0.00000210. The highest BCUT2D eigenvalue weighted by molar-refractivity contribution is 5.89. The molecular weight excluding hydrogens is 360 g/mol. The Morgan fingerprint density at radius 1 is 1.15 bits per heavy atom. The number of amides is 1. The Morgan fingerprint density at radius 2 is 1.89 bits per heavy atom. The highest BCUT2D eigenvalue weighted by Gasteiger charge is 2.33. The Kier molecular flexibility index (Phi) is 5.59.